The number of nitrogens with zero attached hydrogens (tertiary/aromatic N) is 3. The minimum atomic E-state index is 0.669. The SMILES string of the molecule is Cc1ncnc2cnoc12. The lowest BCUT2D eigenvalue weighted by Gasteiger charge is -1.87. The Labute approximate surface area is 56.9 Å². The van der Waals surface area contributed by atoms with Crippen LogP contribution in [0.15, 0.2) is 17.0 Å². The van der Waals surface area contributed by atoms with Gasteiger partial charge in [-0.05, 0) is 6.92 Å². The van der Waals surface area contributed by atoms with Crippen molar-refractivity contribution in [2.75, 3.05) is 0 Å². The molecule has 2 aromatic heterocycles. The zero-order valence-electron chi connectivity index (χ0n) is 5.40. The zero-order valence-corrected chi connectivity index (χ0v) is 5.40. The van der Waals surface area contributed by atoms with E-state index in [0.29, 0.717) is 5.58 Å². The van der Waals surface area contributed by atoms with Crippen LogP contribution in [-0.4, -0.2) is 15.1 Å². The number of hydrogen-bond donors (Lipinski definition) is 0. The molecule has 0 amide bonds. The highest BCUT2D eigenvalue weighted by molar-refractivity contribution is 5.72. The molecular formula is C6H5N3O. The zero-order chi connectivity index (χ0) is 6.97. The van der Waals surface area contributed by atoms with Gasteiger partial charge in [0.1, 0.15) is 11.8 Å². The summed E-state index contributed by atoms with van der Waals surface area (Å²) < 4.78 is 4.87. The van der Waals surface area contributed by atoms with Crippen LogP contribution < -0.4 is 0 Å². The van der Waals surface area contributed by atoms with Crippen molar-refractivity contribution in [2.24, 2.45) is 0 Å². The molecule has 2 heterocycles. The second-order valence-electron chi connectivity index (χ2n) is 2.00. The summed E-state index contributed by atoms with van der Waals surface area (Å²) in [5.74, 6) is 0. The highest BCUT2D eigenvalue weighted by Gasteiger charge is 2.01. The molecule has 0 N–H and O–H groups in total. The smallest absolute Gasteiger partial charge is 0.206 e. The summed E-state index contributed by atoms with van der Waals surface area (Å²) in [6.45, 7) is 1.86. The first-order valence-corrected chi connectivity index (χ1v) is 2.90. The Morgan fingerprint density at radius 2 is 2.30 bits per heavy atom. The van der Waals surface area contributed by atoms with E-state index in [1.54, 1.807) is 6.20 Å². The fourth-order valence-corrected chi connectivity index (χ4v) is 0.814. The van der Waals surface area contributed by atoms with Crippen molar-refractivity contribution in [3.63, 3.8) is 0 Å². The molecule has 0 aromatic carbocycles. The molecule has 0 atom stereocenters. The molecule has 10 heavy (non-hydrogen) atoms. The first-order valence-electron chi connectivity index (χ1n) is 2.90. The van der Waals surface area contributed by atoms with Crippen molar-refractivity contribution < 1.29 is 4.52 Å². The molecule has 4 heteroatoms. The Morgan fingerprint density at radius 1 is 1.40 bits per heavy atom. The van der Waals surface area contributed by atoms with Crippen LogP contribution >= 0.6 is 0 Å². The van der Waals surface area contributed by atoms with Crippen LogP contribution in [0.2, 0.25) is 0 Å². The van der Waals surface area contributed by atoms with Crippen molar-refractivity contribution in [3.8, 4) is 0 Å². The molecule has 2 aromatic rings. The number of aromatic nitrogens is 3. The van der Waals surface area contributed by atoms with E-state index in [1.165, 1.54) is 6.33 Å². The van der Waals surface area contributed by atoms with E-state index in [4.69, 9.17) is 4.52 Å². The summed E-state index contributed by atoms with van der Waals surface area (Å²) in [4.78, 5) is 7.87. The van der Waals surface area contributed by atoms with Gasteiger partial charge in [0.25, 0.3) is 0 Å². The average molecular weight is 135 g/mol. The lowest BCUT2D eigenvalue weighted by Crippen LogP contribution is -1.81. The molecular weight excluding hydrogens is 130 g/mol. The highest BCUT2D eigenvalue weighted by Crippen LogP contribution is 2.10. The van der Waals surface area contributed by atoms with Crippen LogP contribution in [-0.2, 0) is 0 Å². The number of fused-ring (bicyclic) bond motifs is 1. The molecule has 0 spiro atoms. The molecule has 0 radical (unpaired) electrons. The number of hydrogen-bond acceptors (Lipinski definition) is 4. The third-order valence-corrected chi connectivity index (χ3v) is 1.33. The molecule has 50 valence electrons. The predicted octanol–water partition coefficient (Wildman–Crippen LogP) is 0.926. The molecule has 0 aliphatic rings. The summed E-state index contributed by atoms with van der Waals surface area (Å²) >= 11 is 0. The van der Waals surface area contributed by atoms with Gasteiger partial charge in [0, 0.05) is 0 Å². The first kappa shape index (κ1) is 5.34. The van der Waals surface area contributed by atoms with Crippen LogP contribution in [0.25, 0.3) is 11.1 Å². The third-order valence-electron chi connectivity index (χ3n) is 1.33. The van der Waals surface area contributed by atoms with Crippen LogP contribution in [0, 0.1) is 6.92 Å². The van der Waals surface area contributed by atoms with Crippen molar-refractivity contribution in [1.82, 2.24) is 15.1 Å². The Morgan fingerprint density at radius 3 is 3.10 bits per heavy atom. The standard InChI is InChI=1S/C6H5N3O/c1-4-6-5(2-9-10-6)8-3-7-4/h2-3H,1H3. The molecule has 0 unspecified atom stereocenters. The van der Waals surface area contributed by atoms with Crippen LogP contribution in [0.3, 0.4) is 0 Å². The van der Waals surface area contributed by atoms with Crippen molar-refractivity contribution >= 4 is 11.1 Å². The molecule has 2 rings (SSSR count). The van der Waals surface area contributed by atoms with E-state index in [-0.39, 0.29) is 0 Å². The van der Waals surface area contributed by atoms with E-state index >= 15 is 0 Å². The van der Waals surface area contributed by atoms with Gasteiger partial charge in [0.15, 0.2) is 0 Å². The minimum Gasteiger partial charge on any atom is -0.353 e. The quantitative estimate of drug-likeness (QED) is 0.539. The minimum absolute atomic E-state index is 0.669. The van der Waals surface area contributed by atoms with Crippen molar-refractivity contribution in [2.45, 2.75) is 6.92 Å². The molecule has 0 saturated carbocycles. The number of aryl methyl sites for hydroxylation is 1. The van der Waals surface area contributed by atoms with Crippen molar-refractivity contribution in [1.29, 1.82) is 0 Å². The summed E-state index contributed by atoms with van der Waals surface area (Å²) in [5.41, 5.74) is 2.25. The van der Waals surface area contributed by atoms with Gasteiger partial charge in [-0.25, -0.2) is 9.97 Å². The summed E-state index contributed by atoms with van der Waals surface area (Å²) in [6.07, 6.45) is 3.07. The highest BCUT2D eigenvalue weighted by atomic mass is 16.5. The van der Waals surface area contributed by atoms with E-state index in [1.807, 2.05) is 6.92 Å². The molecule has 0 bridgehead atoms. The van der Waals surface area contributed by atoms with Gasteiger partial charge in [-0.1, -0.05) is 5.16 Å². The Hall–Kier alpha value is -1.45. The van der Waals surface area contributed by atoms with Gasteiger partial charge in [0.05, 0.1) is 11.9 Å². The monoisotopic (exact) mass is 135 g/mol. The maximum absolute atomic E-state index is 4.87. The van der Waals surface area contributed by atoms with E-state index in [9.17, 15) is 0 Å². The van der Waals surface area contributed by atoms with Gasteiger partial charge in [-0.2, -0.15) is 0 Å². The largest absolute Gasteiger partial charge is 0.353 e. The van der Waals surface area contributed by atoms with E-state index in [2.05, 4.69) is 15.1 Å². The topological polar surface area (TPSA) is 51.8 Å². The van der Waals surface area contributed by atoms with Crippen LogP contribution in [0.1, 0.15) is 5.69 Å². The molecule has 4 nitrogen and oxygen atoms in total. The van der Waals surface area contributed by atoms with Gasteiger partial charge in [-0.15, -0.1) is 0 Å². The maximum atomic E-state index is 4.87. The first-order chi connectivity index (χ1) is 4.88. The lowest BCUT2D eigenvalue weighted by atomic mass is 10.4. The Balaban J connectivity index is 2.95. The van der Waals surface area contributed by atoms with Gasteiger partial charge < -0.3 is 4.52 Å². The molecule has 0 aliphatic heterocycles. The van der Waals surface area contributed by atoms with Gasteiger partial charge in [-0.3, -0.25) is 0 Å². The van der Waals surface area contributed by atoms with E-state index in [0.717, 1.165) is 11.2 Å². The Kier molecular flexibility index (Phi) is 0.943. The maximum Gasteiger partial charge on any atom is 0.206 e. The molecule has 0 fully saturated rings. The van der Waals surface area contributed by atoms with Crippen LogP contribution in [0.5, 0.6) is 0 Å². The molecule has 0 saturated heterocycles. The van der Waals surface area contributed by atoms with Crippen molar-refractivity contribution in [3.05, 3.63) is 18.2 Å². The summed E-state index contributed by atoms with van der Waals surface area (Å²) in [7, 11) is 0. The predicted molar refractivity (Wildman–Crippen MR) is 34.3 cm³/mol. The lowest BCUT2D eigenvalue weighted by molar-refractivity contribution is 0.453. The van der Waals surface area contributed by atoms with Gasteiger partial charge >= 0.3 is 0 Å². The fraction of sp³-hybridized carbons (Fsp3) is 0.167. The fourth-order valence-electron chi connectivity index (χ4n) is 0.814. The third kappa shape index (κ3) is 0.586. The summed E-state index contributed by atoms with van der Waals surface area (Å²) in [5, 5.41) is 3.58. The van der Waals surface area contributed by atoms with E-state index < -0.39 is 0 Å². The second kappa shape index (κ2) is 1.76. The Bertz CT molecular complexity index is 355. The number of rotatable bonds is 0. The molecule has 0 aliphatic carbocycles. The van der Waals surface area contributed by atoms with Gasteiger partial charge in [0.2, 0.25) is 5.58 Å². The van der Waals surface area contributed by atoms with Crippen LogP contribution in [0.4, 0.5) is 0 Å². The second-order valence-corrected chi connectivity index (χ2v) is 2.00. The summed E-state index contributed by atoms with van der Waals surface area (Å²) in [6, 6.07) is 0. The normalized spacial score (nSPS) is 10.5. The average Bonchev–Trinajstić information content (AvgIpc) is 2.36.